The Morgan fingerprint density at radius 3 is 2.50 bits per heavy atom. The van der Waals surface area contributed by atoms with Crippen LogP contribution in [0.4, 0.5) is 4.79 Å². The number of nitrogens with two attached hydrogens (primary N) is 1. The number of carbonyl (C=O) groups is 1. The van der Waals surface area contributed by atoms with Gasteiger partial charge in [-0.25, -0.2) is 4.79 Å². The van der Waals surface area contributed by atoms with Crippen LogP contribution in [-0.4, -0.2) is 30.1 Å². The summed E-state index contributed by atoms with van der Waals surface area (Å²) in [6, 6.07) is 18.4. The zero-order chi connectivity index (χ0) is 18.2. The maximum absolute atomic E-state index is 11.9. The standard InChI is InChI=1S/C21H27N3O2/c22-20-9-11-24(12-10-20)15-19-8-4-7-18(13-19)14-23-21(25)26-16-17-5-2-1-3-6-17/h1-8,13,20H,9-12,14-16,22H2,(H,23,25). The number of amides is 1. The van der Waals surface area contributed by atoms with Crippen LogP contribution in [0.3, 0.4) is 0 Å². The van der Waals surface area contributed by atoms with E-state index in [0.29, 0.717) is 12.6 Å². The van der Waals surface area contributed by atoms with E-state index < -0.39 is 6.09 Å². The SMILES string of the molecule is NC1CCN(Cc2cccc(CNC(=O)OCc3ccccc3)c2)CC1. The fourth-order valence-electron chi connectivity index (χ4n) is 3.16. The van der Waals surface area contributed by atoms with Crippen molar-refractivity contribution in [3.05, 3.63) is 71.3 Å². The van der Waals surface area contributed by atoms with Gasteiger partial charge in [0.15, 0.2) is 0 Å². The summed E-state index contributed by atoms with van der Waals surface area (Å²) in [5.41, 5.74) is 9.28. The first kappa shape index (κ1) is 18.4. The molecule has 1 aliphatic rings. The Bertz CT molecular complexity index is 697. The molecule has 0 bridgehead atoms. The van der Waals surface area contributed by atoms with Gasteiger partial charge in [0.1, 0.15) is 6.61 Å². The summed E-state index contributed by atoms with van der Waals surface area (Å²) in [6.45, 7) is 3.78. The van der Waals surface area contributed by atoms with Gasteiger partial charge >= 0.3 is 6.09 Å². The second kappa shape index (κ2) is 9.36. The molecule has 1 amide bonds. The van der Waals surface area contributed by atoms with E-state index in [1.54, 1.807) is 0 Å². The smallest absolute Gasteiger partial charge is 0.407 e. The molecule has 0 unspecified atom stereocenters. The topological polar surface area (TPSA) is 67.6 Å². The van der Waals surface area contributed by atoms with Crippen molar-refractivity contribution in [1.29, 1.82) is 0 Å². The van der Waals surface area contributed by atoms with Crippen LogP contribution in [0.2, 0.25) is 0 Å². The second-order valence-electron chi connectivity index (χ2n) is 6.85. The van der Waals surface area contributed by atoms with Gasteiger partial charge in [0.2, 0.25) is 0 Å². The average Bonchev–Trinajstić information content (AvgIpc) is 2.68. The summed E-state index contributed by atoms with van der Waals surface area (Å²) in [4.78, 5) is 14.3. The van der Waals surface area contributed by atoms with Crippen LogP contribution in [0.1, 0.15) is 29.5 Å². The Hall–Kier alpha value is -2.37. The van der Waals surface area contributed by atoms with Crippen LogP contribution in [0.15, 0.2) is 54.6 Å². The first-order valence-corrected chi connectivity index (χ1v) is 9.19. The third-order valence-electron chi connectivity index (χ3n) is 4.68. The molecule has 3 N–H and O–H groups in total. The predicted molar refractivity (Wildman–Crippen MR) is 102 cm³/mol. The number of nitrogens with zero attached hydrogens (tertiary/aromatic N) is 1. The number of hydrogen-bond acceptors (Lipinski definition) is 4. The van der Waals surface area contributed by atoms with Gasteiger partial charge in [-0.05, 0) is 42.6 Å². The summed E-state index contributed by atoms with van der Waals surface area (Å²) in [5.74, 6) is 0. The molecule has 0 atom stereocenters. The lowest BCUT2D eigenvalue weighted by Crippen LogP contribution is -2.39. The second-order valence-corrected chi connectivity index (χ2v) is 6.85. The largest absolute Gasteiger partial charge is 0.445 e. The minimum Gasteiger partial charge on any atom is -0.445 e. The monoisotopic (exact) mass is 353 g/mol. The molecule has 0 aliphatic carbocycles. The molecule has 3 rings (SSSR count). The number of nitrogens with one attached hydrogen (secondary N) is 1. The van der Waals surface area contributed by atoms with Crippen molar-refractivity contribution < 1.29 is 9.53 Å². The third kappa shape index (κ3) is 5.86. The van der Waals surface area contributed by atoms with Crippen molar-refractivity contribution in [2.45, 2.75) is 38.6 Å². The van der Waals surface area contributed by atoms with Gasteiger partial charge in [-0.3, -0.25) is 4.90 Å². The van der Waals surface area contributed by atoms with Crippen LogP contribution < -0.4 is 11.1 Å². The molecule has 1 fully saturated rings. The van der Waals surface area contributed by atoms with E-state index in [9.17, 15) is 4.79 Å². The number of benzene rings is 2. The Kier molecular flexibility index (Phi) is 6.63. The molecular weight excluding hydrogens is 326 g/mol. The summed E-state index contributed by atoms with van der Waals surface area (Å²) >= 11 is 0. The highest BCUT2D eigenvalue weighted by atomic mass is 16.5. The van der Waals surface area contributed by atoms with Crippen molar-refractivity contribution in [1.82, 2.24) is 10.2 Å². The molecule has 0 spiro atoms. The van der Waals surface area contributed by atoms with Crippen molar-refractivity contribution in [3.8, 4) is 0 Å². The highest BCUT2D eigenvalue weighted by molar-refractivity contribution is 5.67. The minimum absolute atomic E-state index is 0.282. The molecule has 0 saturated carbocycles. The van der Waals surface area contributed by atoms with Crippen molar-refractivity contribution >= 4 is 6.09 Å². The maximum Gasteiger partial charge on any atom is 0.407 e. The molecule has 5 heteroatoms. The van der Waals surface area contributed by atoms with Crippen LogP contribution in [-0.2, 0) is 24.4 Å². The van der Waals surface area contributed by atoms with Crippen LogP contribution in [0.5, 0.6) is 0 Å². The molecule has 5 nitrogen and oxygen atoms in total. The van der Waals surface area contributed by atoms with E-state index >= 15 is 0 Å². The van der Waals surface area contributed by atoms with Gasteiger partial charge < -0.3 is 15.8 Å². The molecule has 1 aliphatic heterocycles. The van der Waals surface area contributed by atoms with E-state index in [1.165, 1.54) is 5.56 Å². The van der Waals surface area contributed by atoms with Gasteiger partial charge in [-0.1, -0.05) is 54.6 Å². The molecule has 1 heterocycles. The predicted octanol–water partition coefficient (Wildman–Crippen LogP) is 3.04. The first-order valence-electron chi connectivity index (χ1n) is 9.19. The van der Waals surface area contributed by atoms with Crippen LogP contribution in [0.25, 0.3) is 0 Å². The van der Waals surface area contributed by atoms with E-state index in [1.807, 2.05) is 42.5 Å². The molecule has 2 aromatic rings. The summed E-state index contributed by atoms with van der Waals surface area (Å²) in [6.07, 6.45) is 1.73. The van der Waals surface area contributed by atoms with Gasteiger partial charge in [0, 0.05) is 19.1 Å². The Morgan fingerprint density at radius 2 is 1.73 bits per heavy atom. The zero-order valence-corrected chi connectivity index (χ0v) is 15.1. The molecule has 1 saturated heterocycles. The molecule has 0 radical (unpaired) electrons. The summed E-state index contributed by atoms with van der Waals surface area (Å²) in [5, 5.41) is 2.81. The van der Waals surface area contributed by atoms with Crippen molar-refractivity contribution in [3.63, 3.8) is 0 Å². The van der Waals surface area contributed by atoms with Crippen molar-refractivity contribution in [2.24, 2.45) is 5.73 Å². The third-order valence-corrected chi connectivity index (χ3v) is 4.68. The van der Waals surface area contributed by atoms with E-state index in [-0.39, 0.29) is 6.61 Å². The molecule has 2 aromatic carbocycles. The van der Waals surface area contributed by atoms with Gasteiger partial charge in [-0.15, -0.1) is 0 Å². The molecule has 0 aromatic heterocycles. The van der Waals surface area contributed by atoms with Gasteiger partial charge in [0.05, 0.1) is 0 Å². The number of ether oxygens (including phenoxy) is 1. The summed E-state index contributed by atoms with van der Waals surface area (Å²) < 4.78 is 5.24. The van der Waals surface area contributed by atoms with E-state index in [2.05, 4.69) is 22.3 Å². The fraction of sp³-hybridized carbons (Fsp3) is 0.381. The highest BCUT2D eigenvalue weighted by Gasteiger charge is 2.16. The lowest BCUT2D eigenvalue weighted by molar-refractivity contribution is 0.139. The highest BCUT2D eigenvalue weighted by Crippen LogP contribution is 2.14. The first-order chi connectivity index (χ1) is 12.7. The van der Waals surface area contributed by atoms with Crippen molar-refractivity contribution in [2.75, 3.05) is 13.1 Å². The number of alkyl carbamates (subject to hydrolysis) is 1. The van der Waals surface area contributed by atoms with E-state index in [4.69, 9.17) is 10.5 Å². The average molecular weight is 353 g/mol. The number of rotatable bonds is 6. The number of carbonyl (C=O) groups excluding carboxylic acids is 1. The number of likely N-dealkylation sites (tertiary alicyclic amines) is 1. The quantitative estimate of drug-likeness (QED) is 0.838. The van der Waals surface area contributed by atoms with Crippen LogP contribution in [0, 0.1) is 0 Å². The fourth-order valence-corrected chi connectivity index (χ4v) is 3.16. The summed E-state index contributed by atoms with van der Waals surface area (Å²) in [7, 11) is 0. The van der Waals surface area contributed by atoms with E-state index in [0.717, 1.165) is 43.6 Å². The Labute approximate surface area is 155 Å². The Balaban J connectivity index is 1.44. The zero-order valence-electron chi connectivity index (χ0n) is 15.1. The lowest BCUT2D eigenvalue weighted by atomic mass is 10.0. The lowest BCUT2D eigenvalue weighted by Gasteiger charge is -2.30. The molecule has 26 heavy (non-hydrogen) atoms. The van der Waals surface area contributed by atoms with Crippen LogP contribution >= 0.6 is 0 Å². The maximum atomic E-state index is 11.9. The number of piperidine rings is 1. The normalized spacial score (nSPS) is 15.6. The van der Waals surface area contributed by atoms with Gasteiger partial charge in [0.25, 0.3) is 0 Å². The Morgan fingerprint density at radius 1 is 1.04 bits per heavy atom. The minimum atomic E-state index is -0.399. The number of hydrogen-bond donors (Lipinski definition) is 2. The molecule has 138 valence electrons. The van der Waals surface area contributed by atoms with Gasteiger partial charge in [-0.2, -0.15) is 0 Å². The molecular formula is C21H27N3O2.